The second-order valence-electron chi connectivity index (χ2n) is 4.78. The number of nitrogens with one attached hydrogen (secondary N) is 2. The number of anilines is 1. The number of ether oxygens (including phenoxy) is 1. The highest BCUT2D eigenvalue weighted by molar-refractivity contribution is 5.73. The fourth-order valence-electron chi connectivity index (χ4n) is 2.09. The summed E-state index contributed by atoms with van der Waals surface area (Å²) >= 11 is 0. The molecule has 0 amide bonds. The average Bonchev–Trinajstić information content (AvgIpc) is 3.04. The van der Waals surface area contributed by atoms with Crippen LogP contribution in [0.2, 0.25) is 0 Å². The van der Waals surface area contributed by atoms with Crippen LogP contribution < -0.4 is 16.6 Å². The van der Waals surface area contributed by atoms with Crippen molar-refractivity contribution >= 4 is 17.0 Å². The summed E-state index contributed by atoms with van der Waals surface area (Å²) in [5.74, 6) is 0.823. The van der Waals surface area contributed by atoms with E-state index < -0.39 is 11.2 Å². The maximum Gasteiger partial charge on any atom is 0.330 e. The van der Waals surface area contributed by atoms with E-state index in [1.165, 1.54) is 12.5 Å². The standard InChI is InChI=1S/C14H15N5O4/c1-22-6-4-15-13-16-7-10-11(17-13)18-14(21)19(12(10)20)8-9-3-2-5-23-9/h2-3,5,7H,4,6,8H2,1H3,(H2,15,16,17,18,21). The van der Waals surface area contributed by atoms with E-state index in [0.717, 1.165) is 4.57 Å². The highest BCUT2D eigenvalue weighted by Crippen LogP contribution is 2.05. The minimum absolute atomic E-state index is 0.0466. The second kappa shape index (κ2) is 6.44. The van der Waals surface area contributed by atoms with Crippen molar-refractivity contribution in [2.75, 3.05) is 25.6 Å². The lowest BCUT2D eigenvalue weighted by molar-refractivity contribution is 0.210. The molecule has 9 heteroatoms. The number of rotatable bonds is 6. The van der Waals surface area contributed by atoms with Gasteiger partial charge in [0, 0.05) is 19.9 Å². The third kappa shape index (κ3) is 3.14. The number of hydrogen-bond donors (Lipinski definition) is 2. The molecule has 0 fully saturated rings. The van der Waals surface area contributed by atoms with Gasteiger partial charge in [-0.3, -0.25) is 14.3 Å². The summed E-state index contributed by atoms with van der Waals surface area (Å²) in [4.78, 5) is 35.3. The van der Waals surface area contributed by atoms with Crippen LogP contribution in [0.3, 0.4) is 0 Å². The van der Waals surface area contributed by atoms with Gasteiger partial charge in [0.15, 0.2) is 5.65 Å². The molecule has 0 unspecified atom stereocenters. The van der Waals surface area contributed by atoms with Crippen molar-refractivity contribution in [3.05, 3.63) is 51.2 Å². The van der Waals surface area contributed by atoms with Crippen LogP contribution in [0.25, 0.3) is 11.0 Å². The lowest BCUT2D eigenvalue weighted by atomic mass is 10.4. The number of aromatic nitrogens is 4. The molecule has 9 nitrogen and oxygen atoms in total. The predicted octanol–water partition coefficient (Wildman–Crippen LogP) is 0.179. The van der Waals surface area contributed by atoms with Gasteiger partial charge in [-0.15, -0.1) is 0 Å². The smallest absolute Gasteiger partial charge is 0.330 e. The number of fused-ring (bicyclic) bond motifs is 1. The van der Waals surface area contributed by atoms with Gasteiger partial charge >= 0.3 is 5.69 Å². The van der Waals surface area contributed by atoms with E-state index in [2.05, 4.69) is 20.3 Å². The number of aromatic amines is 1. The topological polar surface area (TPSA) is 115 Å². The first-order chi connectivity index (χ1) is 11.2. The number of H-pyrrole nitrogens is 1. The molecule has 0 bridgehead atoms. The van der Waals surface area contributed by atoms with Gasteiger partial charge in [-0.2, -0.15) is 4.98 Å². The number of methoxy groups -OCH3 is 1. The fraction of sp³-hybridized carbons (Fsp3) is 0.286. The Labute approximate surface area is 129 Å². The summed E-state index contributed by atoms with van der Waals surface area (Å²) in [5, 5.41) is 3.16. The molecule has 0 atom stereocenters. The third-order valence-electron chi connectivity index (χ3n) is 3.22. The SMILES string of the molecule is COCCNc1ncc2c(=O)n(Cc3ccco3)c(=O)[nH]c2n1. The molecule has 0 aliphatic carbocycles. The van der Waals surface area contributed by atoms with Gasteiger partial charge < -0.3 is 14.5 Å². The Balaban J connectivity index is 1.97. The number of nitrogens with zero attached hydrogens (tertiary/aromatic N) is 3. The van der Waals surface area contributed by atoms with E-state index in [1.807, 2.05) is 0 Å². The van der Waals surface area contributed by atoms with Crippen molar-refractivity contribution in [1.29, 1.82) is 0 Å². The van der Waals surface area contributed by atoms with Crippen LogP contribution in [-0.4, -0.2) is 39.8 Å². The molecule has 0 saturated carbocycles. The molecule has 3 aromatic heterocycles. The minimum atomic E-state index is -0.555. The van der Waals surface area contributed by atoms with Crippen LogP contribution in [0.5, 0.6) is 0 Å². The Morgan fingerprint density at radius 1 is 1.43 bits per heavy atom. The number of hydrogen-bond acceptors (Lipinski definition) is 7. The Morgan fingerprint density at radius 3 is 3.04 bits per heavy atom. The van der Waals surface area contributed by atoms with Crippen molar-refractivity contribution in [2.45, 2.75) is 6.54 Å². The molecule has 0 aliphatic heterocycles. The van der Waals surface area contributed by atoms with Crippen molar-refractivity contribution < 1.29 is 9.15 Å². The van der Waals surface area contributed by atoms with Crippen molar-refractivity contribution in [2.24, 2.45) is 0 Å². The van der Waals surface area contributed by atoms with E-state index in [4.69, 9.17) is 9.15 Å². The lowest BCUT2D eigenvalue weighted by Gasteiger charge is -2.06. The summed E-state index contributed by atoms with van der Waals surface area (Å²) < 4.78 is 11.1. The normalized spacial score (nSPS) is 11.0. The van der Waals surface area contributed by atoms with E-state index in [0.29, 0.717) is 24.9 Å². The molecular weight excluding hydrogens is 302 g/mol. The van der Waals surface area contributed by atoms with Crippen LogP contribution in [-0.2, 0) is 11.3 Å². The van der Waals surface area contributed by atoms with Gasteiger partial charge in [0.2, 0.25) is 5.95 Å². The molecule has 120 valence electrons. The van der Waals surface area contributed by atoms with Crippen molar-refractivity contribution in [3.63, 3.8) is 0 Å². The van der Waals surface area contributed by atoms with Crippen LogP contribution in [0.4, 0.5) is 5.95 Å². The largest absolute Gasteiger partial charge is 0.467 e. The minimum Gasteiger partial charge on any atom is -0.467 e. The zero-order chi connectivity index (χ0) is 16.2. The second-order valence-corrected chi connectivity index (χ2v) is 4.78. The summed E-state index contributed by atoms with van der Waals surface area (Å²) in [6.45, 7) is 1.05. The Bertz CT molecular complexity index is 913. The maximum absolute atomic E-state index is 12.4. The first kappa shape index (κ1) is 15.0. The van der Waals surface area contributed by atoms with Crippen LogP contribution in [0.15, 0.2) is 38.6 Å². The van der Waals surface area contributed by atoms with Gasteiger partial charge in [0.05, 0.1) is 19.4 Å². The van der Waals surface area contributed by atoms with E-state index >= 15 is 0 Å². The fourth-order valence-corrected chi connectivity index (χ4v) is 2.09. The maximum atomic E-state index is 12.4. The monoisotopic (exact) mass is 317 g/mol. The average molecular weight is 317 g/mol. The van der Waals surface area contributed by atoms with E-state index in [-0.39, 0.29) is 17.6 Å². The van der Waals surface area contributed by atoms with Gasteiger partial charge in [0.25, 0.3) is 5.56 Å². The first-order valence-corrected chi connectivity index (χ1v) is 6.94. The Morgan fingerprint density at radius 2 is 2.30 bits per heavy atom. The van der Waals surface area contributed by atoms with Crippen LogP contribution in [0.1, 0.15) is 5.76 Å². The molecule has 2 N–H and O–H groups in total. The molecule has 23 heavy (non-hydrogen) atoms. The van der Waals surface area contributed by atoms with Gasteiger partial charge in [-0.1, -0.05) is 0 Å². The molecule has 0 aliphatic rings. The first-order valence-electron chi connectivity index (χ1n) is 6.94. The molecule has 3 aromatic rings. The zero-order valence-electron chi connectivity index (χ0n) is 12.4. The molecule has 3 rings (SSSR count). The molecule has 0 spiro atoms. The van der Waals surface area contributed by atoms with Crippen LogP contribution >= 0.6 is 0 Å². The van der Waals surface area contributed by atoms with E-state index in [1.54, 1.807) is 19.2 Å². The molecule has 0 radical (unpaired) electrons. The summed E-state index contributed by atoms with van der Waals surface area (Å²) in [6, 6.07) is 3.38. The van der Waals surface area contributed by atoms with E-state index in [9.17, 15) is 9.59 Å². The highest BCUT2D eigenvalue weighted by atomic mass is 16.5. The lowest BCUT2D eigenvalue weighted by Crippen LogP contribution is -2.35. The van der Waals surface area contributed by atoms with Crippen molar-refractivity contribution in [1.82, 2.24) is 19.5 Å². The predicted molar refractivity (Wildman–Crippen MR) is 82.6 cm³/mol. The quantitative estimate of drug-likeness (QED) is 0.623. The van der Waals surface area contributed by atoms with Gasteiger partial charge in [-0.25, -0.2) is 9.78 Å². The molecule has 0 saturated heterocycles. The summed E-state index contributed by atoms with van der Waals surface area (Å²) in [6.07, 6.45) is 2.87. The summed E-state index contributed by atoms with van der Waals surface area (Å²) in [5.41, 5.74) is -0.838. The Kier molecular flexibility index (Phi) is 4.20. The van der Waals surface area contributed by atoms with Gasteiger partial charge in [-0.05, 0) is 12.1 Å². The summed E-state index contributed by atoms with van der Waals surface area (Å²) in [7, 11) is 1.59. The van der Waals surface area contributed by atoms with Gasteiger partial charge in [0.1, 0.15) is 11.1 Å². The highest BCUT2D eigenvalue weighted by Gasteiger charge is 2.11. The van der Waals surface area contributed by atoms with Crippen LogP contribution in [0, 0.1) is 0 Å². The zero-order valence-corrected chi connectivity index (χ0v) is 12.4. The third-order valence-corrected chi connectivity index (χ3v) is 3.22. The number of furan rings is 1. The molecular formula is C14H15N5O4. The molecule has 0 aromatic carbocycles. The van der Waals surface area contributed by atoms with Crippen molar-refractivity contribution in [3.8, 4) is 0 Å². The Hall–Kier alpha value is -2.94. The molecule has 3 heterocycles.